The minimum absolute atomic E-state index is 0.514. The van der Waals surface area contributed by atoms with Crippen LogP contribution in [0.15, 0.2) is 12.7 Å². The second-order valence-electron chi connectivity index (χ2n) is 3.45. The second kappa shape index (κ2) is 4.63. The van der Waals surface area contributed by atoms with Crippen molar-refractivity contribution >= 4 is 0 Å². The molecule has 1 rings (SSSR count). The van der Waals surface area contributed by atoms with Gasteiger partial charge in [0, 0.05) is 18.6 Å². The van der Waals surface area contributed by atoms with Crippen LogP contribution in [-0.4, -0.2) is 36.6 Å². The van der Waals surface area contributed by atoms with E-state index in [0.29, 0.717) is 6.04 Å². The van der Waals surface area contributed by atoms with Gasteiger partial charge in [0.25, 0.3) is 0 Å². The van der Waals surface area contributed by atoms with E-state index in [-0.39, 0.29) is 0 Å². The minimum atomic E-state index is 0.514. The van der Waals surface area contributed by atoms with Crippen molar-refractivity contribution in [2.75, 3.05) is 19.6 Å². The molecule has 0 aromatic heterocycles. The zero-order valence-corrected chi connectivity index (χ0v) is 8.21. The van der Waals surface area contributed by atoms with Crippen molar-refractivity contribution in [3.8, 4) is 0 Å². The standard InChI is InChI=1S/C10H20N2/c1-4-9(3)12(5-2)10-6-7-11-8-10/h4,9-11H,1,5-8H2,2-3H3. The Morgan fingerprint density at radius 1 is 1.75 bits per heavy atom. The van der Waals surface area contributed by atoms with Crippen molar-refractivity contribution < 1.29 is 0 Å². The van der Waals surface area contributed by atoms with Crippen LogP contribution < -0.4 is 5.32 Å². The number of nitrogens with zero attached hydrogens (tertiary/aromatic N) is 1. The van der Waals surface area contributed by atoms with Gasteiger partial charge in [-0.05, 0) is 26.4 Å². The van der Waals surface area contributed by atoms with Gasteiger partial charge in [0.05, 0.1) is 0 Å². The number of likely N-dealkylation sites (N-methyl/N-ethyl adjacent to an activating group) is 1. The predicted octanol–water partition coefficient (Wildman–Crippen LogP) is 1.24. The molecule has 0 aliphatic carbocycles. The Bertz CT molecular complexity index is 139. The van der Waals surface area contributed by atoms with E-state index in [1.54, 1.807) is 0 Å². The van der Waals surface area contributed by atoms with Crippen LogP contribution in [0.5, 0.6) is 0 Å². The Balaban J connectivity index is 2.47. The van der Waals surface area contributed by atoms with Crippen LogP contribution in [0.3, 0.4) is 0 Å². The quantitative estimate of drug-likeness (QED) is 0.635. The summed E-state index contributed by atoms with van der Waals surface area (Å²) >= 11 is 0. The highest BCUT2D eigenvalue weighted by Gasteiger charge is 2.23. The van der Waals surface area contributed by atoms with E-state index >= 15 is 0 Å². The third kappa shape index (κ3) is 2.08. The lowest BCUT2D eigenvalue weighted by atomic mass is 10.1. The molecule has 0 radical (unpaired) electrons. The maximum Gasteiger partial charge on any atom is 0.0250 e. The molecular weight excluding hydrogens is 148 g/mol. The summed E-state index contributed by atoms with van der Waals surface area (Å²) in [6.07, 6.45) is 3.31. The van der Waals surface area contributed by atoms with Gasteiger partial charge in [0.2, 0.25) is 0 Å². The van der Waals surface area contributed by atoms with Crippen molar-refractivity contribution in [2.24, 2.45) is 0 Å². The monoisotopic (exact) mass is 168 g/mol. The van der Waals surface area contributed by atoms with Gasteiger partial charge in [0.15, 0.2) is 0 Å². The number of hydrogen-bond acceptors (Lipinski definition) is 2. The minimum Gasteiger partial charge on any atom is -0.315 e. The first kappa shape index (κ1) is 9.75. The molecule has 1 heterocycles. The normalized spacial score (nSPS) is 26.1. The number of nitrogens with one attached hydrogen (secondary N) is 1. The Hall–Kier alpha value is -0.340. The third-order valence-electron chi connectivity index (χ3n) is 2.73. The van der Waals surface area contributed by atoms with Gasteiger partial charge in [-0.2, -0.15) is 0 Å². The Morgan fingerprint density at radius 2 is 2.50 bits per heavy atom. The molecule has 2 unspecified atom stereocenters. The number of hydrogen-bond donors (Lipinski definition) is 1. The second-order valence-corrected chi connectivity index (χ2v) is 3.45. The molecule has 70 valence electrons. The number of rotatable bonds is 4. The maximum absolute atomic E-state index is 3.84. The smallest absolute Gasteiger partial charge is 0.0250 e. The molecule has 0 aromatic carbocycles. The molecule has 1 aliphatic rings. The lowest BCUT2D eigenvalue weighted by Gasteiger charge is -2.31. The Labute approximate surface area is 75.6 Å². The van der Waals surface area contributed by atoms with Crippen LogP contribution in [0.4, 0.5) is 0 Å². The fourth-order valence-corrected chi connectivity index (χ4v) is 1.94. The first-order valence-electron chi connectivity index (χ1n) is 4.88. The molecule has 2 nitrogen and oxygen atoms in total. The summed E-state index contributed by atoms with van der Waals surface area (Å²) in [4.78, 5) is 2.51. The molecule has 0 saturated carbocycles. The van der Waals surface area contributed by atoms with E-state index in [4.69, 9.17) is 0 Å². The first-order valence-corrected chi connectivity index (χ1v) is 4.88. The maximum atomic E-state index is 3.84. The molecule has 0 amide bonds. The van der Waals surface area contributed by atoms with Gasteiger partial charge < -0.3 is 5.32 Å². The Morgan fingerprint density at radius 3 is 2.92 bits per heavy atom. The molecule has 1 saturated heterocycles. The third-order valence-corrected chi connectivity index (χ3v) is 2.73. The van der Waals surface area contributed by atoms with E-state index in [2.05, 4.69) is 30.6 Å². The van der Waals surface area contributed by atoms with E-state index in [9.17, 15) is 0 Å². The van der Waals surface area contributed by atoms with Gasteiger partial charge in [-0.25, -0.2) is 0 Å². The molecule has 12 heavy (non-hydrogen) atoms. The highest BCUT2D eigenvalue weighted by atomic mass is 15.2. The van der Waals surface area contributed by atoms with Crippen LogP contribution in [0, 0.1) is 0 Å². The summed E-state index contributed by atoms with van der Waals surface area (Å²) in [7, 11) is 0. The fourth-order valence-electron chi connectivity index (χ4n) is 1.94. The van der Waals surface area contributed by atoms with Crippen molar-refractivity contribution in [1.29, 1.82) is 0 Å². The summed E-state index contributed by atoms with van der Waals surface area (Å²) in [5.41, 5.74) is 0. The van der Waals surface area contributed by atoms with Gasteiger partial charge in [-0.3, -0.25) is 4.90 Å². The van der Waals surface area contributed by atoms with Crippen LogP contribution in [0.1, 0.15) is 20.3 Å². The van der Waals surface area contributed by atoms with Gasteiger partial charge in [-0.15, -0.1) is 6.58 Å². The van der Waals surface area contributed by atoms with Crippen LogP contribution in [0.25, 0.3) is 0 Å². The predicted molar refractivity (Wildman–Crippen MR) is 53.3 cm³/mol. The summed E-state index contributed by atoms with van der Waals surface area (Å²) < 4.78 is 0. The molecule has 0 aromatic rings. The first-order chi connectivity index (χ1) is 5.79. The largest absolute Gasteiger partial charge is 0.315 e. The van der Waals surface area contributed by atoms with Gasteiger partial charge in [0.1, 0.15) is 0 Å². The lowest BCUT2D eigenvalue weighted by molar-refractivity contribution is 0.190. The summed E-state index contributed by atoms with van der Waals surface area (Å²) in [5.74, 6) is 0. The van der Waals surface area contributed by atoms with E-state index in [1.165, 1.54) is 13.0 Å². The molecule has 0 spiro atoms. The topological polar surface area (TPSA) is 15.3 Å². The average molecular weight is 168 g/mol. The van der Waals surface area contributed by atoms with Crippen molar-refractivity contribution in [2.45, 2.75) is 32.4 Å². The molecule has 1 aliphatic heterocycles. The lowest BCUT2D eigenvalue weighted by Crippen LogP contribution is -2.41. The Kier molecular flexibility index (Phi) is 3.76. The van der Waals surface area contributed by atoms with Crippen molar-refractivity contribution in [1.82, 2.24) is 10.2 Å². The fraction of sp³-hybridized carbons (Fsp3) is 0.800. The van der Waals surface area contributed by atoms with Crippen LogP contribution >= 0.6 is 0 Å². The summed E-state index contributed by atoms with van der Waals surface area (Å²) in [6, 6.07) is 1.24. The zero-order chi connectivity index (χ0) is 8.97. The molecule has 2 heteroatoms. The van der Waals surface area contributed by atoms with Crippen molar-refractivity contribution in [3.05, 3.63) is 12.7 Å². The molecule has 1 N–H and O–H groups in total. The van der Waals surface area contributed by atoms with E-state index < -0.39 is 0 Å². The van der Waals surface area contributed by atoms with E-state index in [0.717, 1.165) is 19.1 Å². The molecular formula is C10H20N2. The van der Waals surface area contributed by atoms with Crippen LogP contribution in [-0.2, 0) is 0 Å². The highest BCUT2D eigenvalue weighted by molar-refractivity contribution is 4.90. The van der Waals surface area contributed by atoms with Gasteiger partial charge >= 0.3 is 0 Å². The molecule has 2 atom stereocenters. The molecule has 1 fully saturated rings. The SMILES string of the molecule is C=CC(C)N(CC)C1CCNC1. The summed E-state index contributed by atoms with van der Waals surface area (Å²) in [6.45, 7) is 11.7. The zero-order valence-electron chi connectivity index (χ0n) is 8.21. The van der Waals surface area contributed by atoms with Crippen molar-refractivity contribution in [3.63, 3.8) is 0 Å². The van der Waals surface area contributed by atoms with E-state index in [1.807, 2.05) is 6.08 Å². The average Bonchev–Trinajstić information content (AvgIpc) is 2.58. The molecule has 0 bridgehead atoms. The van der Waals surface area contributed by atoms with Gasteiger partial charge in [-0.1, -0.05) is 13.0 Å². The summed E-state index contributed by atoms with van der Waals surface area (Å²) in [5, 5.41) is 3.39. The highest BCUT2D eigenvalue weighted by Crippen LogP contribution is 2.12. The van der Waals surface area contributed by atoms with Crippen LogP contribution in [0.2, 0.25) is 0 Å².